The van der Waals surface area contributed by atoms with Crippen LogP contribution >= 0.6 is 0 Å². The zero-order chi connectivity index (χ0) is 17.4. The summed E-state index contributed by atoms with van der Waals surface area (Å²) in [5, 5.41) is 0. The highest BCUT2D eigenvalue weighted by Gasteiger charge is 2.22. The van der Waals surface area contributed by atoms with E-state index in [2.05, 4.69) is 23.6 Å². The van der Waals surface area contributed by atoms with Crippen LogP contribution in [0.2, 0.25) is 0 Å². The number of hydrogen-bond donors (Lipinski definition) is 0. The Hall–Kier alpha value is -1.81. The summed E-state index contributed by atoms with van der Waals surface area (Å²) in [5.74, 6) is 1.70. The van der Waals surface area contributed by atoms with Gasteiger partial charge in [0, 0.05) is 33.1 Å². The molecule has 1 unspecified atom stereocenters. The number of para-hydroxylation sites is 1. The molecule has 0 aliphatic carbocycles. The Balaban J connectivity index is 1.82. The molecule has 0 radical (unpaired) electrons. The van der Waals surface area contributed by atoms with Gasteiger partial charge in [-0.15, -0.1) is 6.58 Å². The Morgan fingerprint density at radius 2 is 2.25 bits per heavy atom. The van der Waals surface area contributed by atoms with Crippen LogP contribution in [0.15, 0.2) is 36.9 Å². The second kappa shape index (κ2) is 9.48. The molecule has 1 aliphatic heterocycles. The van der Waals surface area contributed by atoms with Crippen LogP contribution in [0.1, 0.15) is 24.8 Å². The van der Waals surface area contributed by atoms with Gasteiger partial charge in [0.15, 0.2) is 0 Å². The number of rotatable bonds is 8. The van der Waals surface area contributed by atoms with Gasteiger partial charge in [-0.05, 0) is 43.4 Å². The summed E-state index contributed by atoms with van der Waals surface area (Å²) in [6, 6.07) is 8.24. The Labute approximate surface area is 146 Å². The Kier molecular flexibility index (Phi) is 7.32. The molecule has 1 saturated heterocycles. The lowest BCUT2D eigenvalue weighted by molar-refractivity contribution is -0.129. The molecule has 1 aromatic rings. The van der Waals surface area contributed by atoms with Gasteiger partial charge in [0.2, 0.25) is 5.91 Å². The lowest BCUT2D eigenvalue weighted by Gasteiger charge is -2.34. The Morgan fingerprint density at radius 1 is 1.46 bits per heavy atom. The van der Waals surface area contributed by atoms with Gasteiger partial charge in [0.25, 0.3) is 0 Å². The molecule has 1 aliphatic rings. The van der Waals surface area contributed by atoms with Crippen molar-refractivity contribution in [3.63, 3.8) is 0 Å². The summed E-state index contributed by atoms with van der Waals surface area (Å²) in [4.78, 5) is 16.3. The molecule has 4 heteroatoms. The van der Waals surface area contributed by atoms with Crippen molar-refractivity contribution in [3.05, 3.63) is 42.5 Å². The molecule has 1 atom stereocenters. The first-order chi connectivity index (χ1) is 11.6. The highest BCUT2D eigenvalue weighted by atomic mass is 16.5. The minimum Gasteiger partial charge on any atom is -0.496 e. The van der Waals surface area contributed by atoms with Crippen molar-refractivity contribution in [1.29, 1.82) is 0 Å². The molecular formula is C20H30N2O2. The van der Waals surface area contributed by atoms with Crippen molar-refractivity contribution in [3.8, 4) is 5.75 Å². The van der Waals surface area contributed by atoms with E-state index < -0.39 is 0 Å². The third-order valence-electron chi connectivity index (χ3n) is 4.77. The maximum Gasteiger partial charge on any atom is 0.226 e. The second-order valence-corrected chi connectivity index (χ2v) is 6.64. The number of carbonyl (C=O) groups is 1. The van der Waals surface area contributed by atoms with Crippen molar-refractivity contribution in [2.45, 2.75) is 25.7 Å². The molecule has 1 fully saturated rings. The largest absolute Gasteiger partial charge is 0.496 e. The van der Waals surface area contributed by atoms with Gasteiger partial charge in [-0.3, -0.25) is 4.79 Å². The lowest BCUT2D eigenvalue weighted by atomic mass is 9.97. The zero-order valence-electron chi connectivity index (χ0n) is 15.0. The van der Waals surface area contributed by atoms with Crippen molar-refractivity contribution in [2.24, 2.45) is 5.92 Å². The van der Waals surface area contributed by atoms with Gasteiger partial charge in [0.05, 0.1) is 7.11 Å². The number of nitrogens with zero attached hydrogens (tertiary/aromatic N) is 2. The Morgan fingerprint density at radius 3 is 3.00 bits per heavy atom. The van der Waals surface area contributed by atoms with E-state index in [1.165, 1.54) is 18.4 Å². The van der Waals surface area contributed by atoms with Crippen molar-refractivity contribution in [1.82, 2.24) is 9.80 Å². The molecule has 24 heavy (non-hydrogen) atoms. The number of piperidine rings is 1. The first-order valence-corrected chi connectivity index (χ1v) is 8.83. The van der Waals surface area contributed by atoms with Gasteiger partial charge in [-0.25, -0.2) is 0 Å². The fourth-order valence-corrected chi connectivity index (χ4v) is 3.46. The van der Waals surface area contributed by atoms with E-state index in [1.807, 2.05) is 24.1 Å². The van der Waals surface area contributed by atoms with E-state index in [0.717, 1.165) is 38.3 Å². The molecule has 4 nitrogen and oxygen atoms in total. The SMILES string of the molecule is C=CCC(=O)N(C)CC1CCCN(CCc2ccccc2OC)C1. The lowest BCUT2D eigenvalue weighted by Crippen LogP contribution is -2.42. The van der Waals surface area contributed by atoms with Crippen LogP contribution in [-0.2, 0) is 11.2 Å². The van der Waals surface area contributed by atoms with Crippen LogP contribution in [0.3, 0.4) is 0 Å². The van der Waals surface area contributed by atoms with Crippen molar-refractivity contribution in [2.75, 3.05) is 40.3 Å². The minimum atomic E-state index is 0.163. The molecular weight excluding hydrogens is 300 g/mol. The maximum atomic E-state index is 11.9. The summed E-state index contributed by atoms with van der Waals surface area (Å²) in [6.07, 6.45) is 5.53. The summed E-state index contributed by atoms with van der Waals surface area (Å²) in [5.41, 5.74) is 1.26. The average Bonchev–Trinajstić information content (AvgIpc) is 2.60. The molecule has 0 bridgehead atoms. The maximum absolute atomic E-state index is 11.9. The summed E-state index contributed by atoms with van der Waals surface area (Å²) < 4.78 is 5.44. The van der Waals surface area contributed by atoms with Crippen LogP contribution in [-0.4, -0.2) is 56.0 Å². The Bertz CT molecular complexity index is 544. The molecule has 2 rings (SSSR count). The molecule has 0 N–H and O–H groups in total. The predicted molar refractivity (Wildman–Crippen MR) is 98.3 cm³/mol. The summed E-state index contributed by atoms with van der Waals surface area (Å²) in [6.45, 7) is 7.75. The summed E-state index contributed by atoms with van der Waals surface area (Å²) >= 11 is 0. The van der Waals surface area contributed by atoms with Gasteiger partial charge >= 0.3 is 0 Å². The van der Waals surface area contributed by atoms with E-state index in [1.54, 1.807) is 13.2 Å². The first-order valence-electron chi connectivity index (χ1n) is 8.83. The minimum absolute atomic E-state index is 0.163. The molecule has 1 aromatic carbocycles. The highest BCUT2D eigenvalue weighted by molar-refractivity contribution is 5.77. The molecule has 0 spiro atoms. The van der Waals surface area contributed by atoms with Crippen molar-refractivity contribution >= 4 is 5.91 Å². The van der Waals surface area contributed by atoms with E-state index in [0.29, 0.717) is 12.3 Å². The molecule has 1 amide bonds. The fraction of sp³-hybridized carbons (Fsp3) is 0.550. The number of likely N-dealkylation sites (tertiary alicyclic amines) is 1. The smallest absolute Gasteiger partial charge is 0.226 e. The molecule has 0 saturated carbocycles. The number of hydrogen-bond acceptors (Lipinski definition) is 3. The molecule has 0 aromatic heterocycles. The molecule has 1 heterocycles. The van der Waals surface area contributed by atoms with Crippen molar-refractivity contribution < 1.29 is 9.53 Å². The van der Waals surface area contributed by atoms with E-state index in [4.69, 9.17) is 4.74 Å². The monoisotopic (exact) mass is 330 g/mol. The standard InChI is InChI=1S/C20H30N2O2/c1-4-8-20(23)21(2)15-17-9-7-13-22(16-17)14-12-18-10-5-6-11-19(18)24-3/h4-6,10-11,17H,1,7-9,12-16H2,2-3H3. The van der Waals surface area contributed by atoms with Crippen LogP contribution in [0.5, 0.6) is 5.75 Å². The van der Waals surface area contributed by atoms with Crippen LogP contribution in [0.25, 0.3) is 0 Å². The third kappa shape index (κ3) is 5.38. The van der Waals surface area contributed by atoms with Gasteiger partial charge < -0.3 is 14.5 Å². The van der Waals surface area contributed by atoms with Crippen LogP contribution < -0.4 is 4.74 Å². The third-order valence-corrected chi connectivity index (χ3v) is 4.77. The number of methoxy groups -OCH3 is 1. The quantitative estimate of drug-likeness (QED) is 0.687. The number of benzene rings is 1. The van der Waals surface area contributed by atoms with Gasteiger partial charge in [-0.1, -0.05) is 24.3 Å². The summed E-state index contributed by atoms with van der Waals surface area (Å²) in [7, 11) is 3.63. The van der Waals surface area contributed by atoms with Gasteiger partial charge in [-0.2, -0.15) is 0 Å². The van der Waals surface area contributed by atoms with Gasteiger partial charge in [0.1, 0.15) is 5.75 Å². The second-order valence-electron chi connectivity index (χ2n) is 6.64. The first kappa shape index (κ1) is 18.5. The van der Waals surface area contributed by atoms with Crippen LogP contribution in [0, 0.1) is 5.92 Å². The molecule has 132 valence electrons. The predicted octanol–water partition coefficient (Wildman–Crippen LogP) is 2.98. The zero-order valence-corrected chi connectivity index (χ0v) is 15.0. The van der Waals surface area contributed by atoms with E-state index in [-0.39, 0.29) is 5.91 Å². The normalized spacial score (nSPS) is 18.2. The number of ether oxygens (including phenoxy) is 1. The van der Waals surface area contributed by atoms with Crippen LogP contribution in [0.4, 0.5) is 0 Å². The fourth-order valence-electron chi connectivity index (χ4n) is 3.46. The number of amides is 1. The number of carbonyl (C=O) groups excluding carboxylic acids is 1. The van der Waals surface area contributed by atoms with E-state index >= 15 is 0 Å². The highest BCUT2D eigenvalue weighted by Crippen LogP contribution is 2.21. The van der Waals surface area contributed by atoms with E-state index in [9.17, 15) is 4.79 Å². The average molecular weight is 330 g/mol. The topological polar surface area (TPSA) is 32.8 Å².